The van der Waals surface area contributed by atoms with E-state index in [0.717, 1.165) is 31.7 Å². The summed E-state index contributed by atoms with van der Waals surface area (Å²) in [6, 6.07) is 1.88. The average molecular weight is 228 g/mol. The molecule has 0 N–H and O–H groups in total. The van der Waals surface area contributed by atoms with Crippen molar-refractivity contribution in [3.8, 4) is 0 Å². The summed E-state index contributed by atoms with van der Waals surface area (Å²) in [4.78, 5) is 10.2. The summed E-state index contributed by atoms with van der Waals surface area (Å²) in [7, 11) is 1.75. The van der Waals surface area contributed by atoms with E-state index >= 15 is 0 Å². The highest BCUT2D eigenvalue weighted by Gasteiger charge is 2.20. The normalized spacial score (nSPS) is 21.7. The zero-order valence-electron chi connectivity index (χ0n) is 8.69. The quantitative estimate of drug-likeness (QED) is 0.722. The van der Waals surface area contributed by atoms with Gasteiger partial charge in [0.2, 0.25) is 5.28 Å². The summed E-state index contributed by atoms with van der Waals surface area (Å²) in [6.45, 7) is 1.89. The summed E-state index contributed by atoms with van der Waals surface area (Å²) >= 11 is 5.75. The zero-order valence-corrected chi connectivity index (χ0v) is 9.44. The Morgan fingerprint density at radius 1 is 1.60 bits per heavy atom. The minimum Gasteiger partial charge on any atom is -0.380 e. The van der Waals surface area contributed by atoms with Crippen molar-refractivity contribution in [2.75, 3.05) is 25.1 Å². The maximum Gasteiger partial charge on any atom is 0.224 e. The van der Waals surface area contributed by atoms with Crippen molar-refractivity contribution in [3.05, 3.63) is 17.5 Å². The van der Waals surface area contributed by atoms with Crippen LogP contribution in [0, 0.1) is 0 Å². The number of ether oxygens (including phenoxy) is 1. The molecule has 1 aliphatic heterocycles. The van der Waals surface area contributed by atoms with Gasteiger partial charge in [-0.2, -0.15) is 0 Å². The second-order valence-corrected chi connectivity index (χ2v) is 3.97. The number of rotatable bonds is 2. The van der Waals surface area contributed by atoms with E-state index in [2.05, 4.69) is 14.9 Å². The summed E-state index contributed by atoms with van der Waals surface area (Å²) in [5.74, 6) is 0.886. The minimum absolute atomic E-state index is 0.298. The highest BCUT2D eigenvalue weighted by atomic mass is 35.5. The largest absolute Gasteiger partial charge is 0.380 e. The topological polar surface area (TPSA) is 38.2 Å². The van der Waals surface area contributed by atoms with Crippen LogP contribution in [0.5, 0.6) is 0 Å². The molecular formula is C10H14ClN3O. The van der Waals surface area contributed by atoms with Crippen LogP contribution >= 0.6 is 11.6 Å². The van der Waals surface area contributed by atoms with Crippen LogP contribution in [-0.4, -0.2) is 36.3 Å². The van der Waals surface area contributed by atoms with E-state index in [9.17, 15) is 0 Å². The number of nitrogens with zero attached hydrogens (tertiary/aromatic N) is 3. The molecule has 0 radical (unpaired) electrons. The smallest absolute Gasteiger partial charge is 0.224 e. The van der Waals surface area contributed by atoms with Crippen LogP contribution in [0.15, 0.2) is 12.3 Å². The lowest BCUT2D eigenvalue weighted by Crippen LogP contribution is -2.39. The van der Waals surface area contributed by atoms with Crippen LogP contribution in [-0.2, 0) is 4.74 Å². The van der Waals surface area contributed by atoms with Crippen molar-refractivity contribution in [1.29, 1.82) is 0 Å². The molecule has 0 spiro atoms. The molecule has 2 rings (SSSR count). The van der Waals surface area contributed by atoms with Gasteiger partial charge in [0.15, 0.2) is 0 Å². The Hall–Kier alpha value is -0.870. The van der Waals surface area contributed by atoms with Crippen LogP contribution in [0.3, 0.4) is 0 Å². The second-order valence-electron chi connectivity index (χ2n) is 3.63. The summed E-state index contributed by atoms with van der Waals surface area (Å²) in [5, 5.41) is 0.298. The maximum atomic E-state index is 5.75. The fraction of sp³-hybridized carbons (Fsp3) is 0.600. The summed E-state index contributed by atoms with van der Waals surface area (Å²) in [5.41, 5.74) is 0. The van der Waals surface area contributed by atoms with Crippen LogP contribution < -0.4 is 4.90 Å². The number of piperidine rings is 1. The first-order valence-corrected chi connectivity index (χ1v) is 5.43. The fourth-order valence-electron chi connectivity index (χ4n) is 1.84. The van der Waals surface area contributed by atoms with Crippen molar-refractivity contribution >= 4 is 17.4 Å². The highest BCUT2D eigenvalue weighted by Crippen LogP contribution is 2.19. The molecule has 4 nitrogen and oxygen atoms in total. The van der Waals surface area contributed by atoms with Gasteiger partial charge in [-0.25, -0.2) is 9.97 Å². The number of aromatic nitrogens is 2. The Kier molecular flexibility index (Phi) is 3.38. The number of hydrogen-bond acceptors (Lipinski definition) is 4. The van der Waals surface area contributed by atoms with E-state index in [1.807, 2.05) is 6.07 Å². The third kappa shape index (κ3) is 2.58. The molecule has 0 saturated carbocycles. The van der Waals surface area contributed by atoms with Gasteiger partial charge < -0.3 is 9.64 Å². The maximum absolute atomic E-state index is 5.75. The minimum atomic E-state index is 0.298. The monoisotopic (exact) mass is 227 g/mol. The summed E-state index contributed by atoms with van der Waals surface area (Å²) in [6.07, 6.45) is 4.22. The van der Waals surface area contributed by atoms with Crippen LogP contribution in [0.25, 0.3) is 0 Å². The van der Waals surface area contributed by atoms with E-state index < -0.39 is 0 Å². The molecule has 82 valence electrons. The van der Waals surface area contributed by atoms with Gasteiger partial charge in [-0.3, -0.25) is 0 Å². The molecule has 2 heterocycles. The fourth-order valence-corrected chi connectivity index (χ4v) is 1.98. The van der Waals surface area contributed by atoms with Crippen molar-refractivity contribution < 1.29 is 4.74 Å². The van der Waals surface area contributed by atoms with Crippen LogP contribution in [0.4, 0.5) is 5.82 Å². The van der Waals surface area contributed by atoms with Gasteiger partial charge >= 0.3 is 0 Å². The Morgan fingerprint density at radius 2 is 2.47 bits per heavy atom. The molecule has 1 aromatic rings. The van der Waals surface area contributed by atoms with Crippen molar-refractivity contribution in [2.45, 2.75) is 18.9 Å². The first-order chi connectivity index (χ1) is 7.29. The molecule has 0 amide bonds. The lowest BCUT2D eigenvalue weighted by atomic mass is 10.1. The first kappa shape index (κ1) is 10.6. The third-order valence-electron chi connectivity index (χ3n) is 2.65. The van der Waals surface area contributed by atoms with E-state index in [-0.39, 0.29) is 0 Å². The van der Waals surface area contributed by atoms with Crippen molar-refractivity contribution in [3.63, 3.8) is 0 Å². The van der Waals surface area contributed by atoms with E-state index in [1.54, 1.807) is 13.3 Å². The van der Waals surface area contributed by atoms with Gasteiger partial charge in [-0.1, -0.05) is 0 Å². The van der Waals surface area contributed by atoms with E-state index in [1.165, 1.54) is 0 Å². The Bertz CT molecular complexity index is 334. The molecule has 1 atom stereocenters. The Morgan fingerprint density at radius 3 is 3.20 bits per heavy atom. The van der Waals surface area contributed by atoms with Gasteiger partial charge in [0, 0.05) is 26.4 Å². The molecule has 1 fully saturated rings. The van der Waals surface area contributed by atoms with Crippen LogP contribution in [0.1, 0.15) is 12.8 Å². The molecule has 5 heteroatoms. The van der Waals surface area contributed by atoms with Gasteiger partial charge in [0.05, 0.1) is 6.10 Å². The lowest BCUT2D eigenvalue weighted by molar-refractivity contribution is 0.0891. The zero-order chi connectivity index (χ0) is 10.7. The number of methoxy groups -OCH3 is 1. The lowest BCUT2D eigenvalue weighted by Gasteiger charge is -2.32. The number of anilines is 1. The van der Waals surface area contributed by atoms with Gasteiger partial charge in [-0.15, -0.1) is 0 Å². The highest BCUT2D eigenvalue weighted by molar-refractivity contribution is 6.28. The van der Waals surface area contributed by atoms with Crippen molar-refractivity contribution in [2.24, 2.45) is 0 Å². The van der Waals surface area contributed by atoms with Gasteiger partial charge in [0.25, 0.3) is 0 Å². The van der Waals surface area contributed by atoms with Gasteiger partial charge in [0.1, 0.15) is 5.82 Å². The van der Waals surface area contributed by atoms with Crippen LogP contribution in [0.2, 0.25) is 5.28 Å². The first-order valence-electron chi connectivity index (χ1n) is 5.06. The molecule has 0 aromatic carbocycles. The third-order valence-corrected chi connectivity index (χ3v) is 2.83. The molecule has 0 bridgehead atoms. The predicted octanol–water partition coefficient (Wildman–Crippen LogP) is 1.75. The van der Waals surface area contributed by atoms with E-state index in [0.29, 0.717) is 11.4 Å². The van der Waals surface area contributed by atoms with Gasteiger partial charge in [-0.05, 0) is 30.5 Å². The average Bonchev–Trinajstić information content (AvgIpc) is 2.29. The predicted molar refractivity (Wildman–Crippen MR) is 59.3 cm³/mol. The number of hydrogen-bond donors (Lipinski definition) is 0. The molecule has 15 heavy (non-hydrogen) atoms. The van der Waals surface area contributed by atoms with E-state index in [4.69, 9.17) is 16.3 Å². The second kappa shape index (κ2) is 4.77. The molecule has 1 aromatic heterocycles. The molecule has 1 saturated heterocycles. The number of halogens is 1. The molecular weight excluding hydrogens is 214 g/mol. The molecule has 1 unspecified atom stereocenters. The Labute approximate surface area is 94.2 Å². The Balaban J connectivity index is 2.09. The molecule has 1 aliphatic rings. The summed E-state index contributed by atoms with van der Waals surface area (Å²) < 4.78 is 5.36. The molecule has 0 aliphatic carbocycles. The standard InChI is InChI=1S/C10H14ClN3O/c1-15-8-3-2-6-14(7-8)9-4-5-12-10(11)13-9/h4-5,8H,2-3,6-7H2,1H3. The van der Waals surface area contributed by atoms with Crippen molar-refractivity contribution in [1.82, 2.24) is 9.97 Å². The SMILES string of the molecule is COC1CCCN(c2ccnc(Cl)n2)C1.